The summed E-state index contributed by atoms with van der Waals surface area (Å²) in [4.78, 5) is 0. The van der Waals surface area contributed by atoms with E-state index in [1.54, 1.807) is 0 Å². The molecule has 1 saturated carbocycles. The molecule has 0 radical (unpaired) electrons. The summed E-state index contributed by atoms with van der Waals surface area (Å²) in [5.74, 6) is 0.646. The first-order valence-corrected chi connectivity index (χ1v) is 5.22. The molecule has 2 aliphatic carbocycles. The summed E-state index contributed by atoms with van der Waals surface area (Å²) in [7, 11) is 0. The van der Waals surface area contributed by atoms with Crippen molar-refractivity contribution < 1.29 is 5.11 Å². The van der Waals surface area contributed by atoms with E-state index in [0.717, 1.165) is 6.42 Å². The molecule has 0 aromatic heterocycles. The Morgan fingerprint density at radius 2 is 2.25 bits per heavy atom. The van der Waals surface area contributed by atoms with E-state index >= 15 is 0 Å². The van der Waals surface area contributed by atoms with Gasteiger partial charge in [-0.05, 0) is 50.9 Å². The SMILES string of the molecule is OC(CC1=CCCCC1)C1CC1. The van der Waals surface area contributed by atoms with Crippen molar-refractivity contribution in [2.75, 3.05) is 0 Å². The predicted octanol–water partition coefficient (Wildman–Crippen LogP) is 2.65. The Morgan fingerprint density at radius 1 is 1.42 bits per heavy atom. The molecule has 1 N–H and O–H groups in total. The second kappa shape index (κ2) is 3.61. The van der Waals surface area contributed by atoms with Gasteiger partial charge in [-0.15, -0.1) is 0 Å². The van der Waals surface area contributed by atoms with Crippen LogP contribution in [0.25, 0.3) is 0 Å². The van der Waals surface area contributed by atoms with Crippen LogP contribution in [-0.4, -0.2) is 11.2 Å². The van der Waals surface area contributed by atoms with Crippen molar-refractivity contribution in [3.8, 4) is 0 Å². The van der Waals surface area contributed by atoms with Gasteiger partial charge in [-0.2, -0.15) is 0 Å². The maximum Gasteiger partial charge on any atom is 0.0605 e. The van der Waals surface area contributed by atoms with E-state index < -0.39 is 0 Å². The van der Waals surface area contributed by atoms with Gasteiger partial charge in [-0.1, -0.05) is 11.6 Å². The maximum absolute atomic E-state index is 9.70. The summed E-state index contributed by atoms with van der Waals surface area (Å²) in [5.41, 5.74) is 1.51. The Labute approximate surface area is 74.5 Å². The molecule has 0 spiro atoms. The molecule has 1 nitrogen and oxygen atoms in total. The molecular formula is C11H18O. The predicted molar refractivity (Wildman–Crippen MR) is 49.9 cm³/mol. The molecule has 1 unspecified atom stereocenters. The van der Waals surface area contributed by atoms with Crippen LogP contribution in [0.15, 0.2) is 11.6 Å². The molecular weight excluding hydrogens is 148 g/mol. The van der Waals surface area contributed by atoms with E-state index in [4.69, 9.17) is 0 Å². The van der Waals surface area contributed by atoms with Gasteiger partial charge in [0.15, 0.2) is 0 Å². The Bertz CT molecular complexity index is 179. The second-order valence-corrected chi connectivity index (χ2v) is 4.22. The smallest absolute Gasteiger partial charge is 0.0605 e. The highest BCUT2D eigenvalue weighted by Gasteiger charge is 2.29. The lowest BCUT2D eigenvalue weighted by Crippen LogP contribution is -2.11. The minimum Gasteiger partial charge on any atom is -0.393 e. The molecule has 0 heterocycles. The van der Waals surface area contributed by atoms with Crippen LogP contribution < -0.4 is 0 Å². The molecule has 68 valence electrons. The van der Waals surface area contributed by atoms with E-state index in [2.05, 4.69) is 6.08 Å². The van der Waals surface area contributed by atoms with E-state index in [0.29, 0.717) is 5.92 Å². The zero-order valence-corrected chi connectivity index (χ0v) is 7.63. The molecule has 0 aromatic carbocycles. The Morgan fingerprint density at radius 3 is 2.83 bits per heavy atom. The number of allylic oxidation sites excluding steroid dienone is 1. The van der Waals surface area contributed by atoms with Crippen molar-refractivity contribution in [3.63, 3.8) is 0 Å². The fourth-order valence-corrected chi connectivity index (χ4v) is 2.01. The molecule has 2 aliphatic rings. The number of aliphatic hydroxyl groups is 1. The lowest BCUT2D eigenvalue weighted by molar-refractivity contribution is 0.150. The van der Waals surface area contributed by atoms with Crippen LogP contribution in [0.2, 0.25) is 0 Å². The average molecular weight is 166 g/mol. The molecule has 1 heteroatoms. The van der Waals surface area contributed by atoms with E-state index in [-0.39, 0.29) is 6.10 Å². The quantitative estimate of drug-likeness (QED) is 0.639. The second-order valence-electron chi connectivity index (χ2n) is 4.22. The molecule has 1 fully saturated rings. The maximum atomic E-state index is 9.70. The van der Waals surface area contributed by atoms with Crippen molar-refractivity contribution in [2.45, 2.75) is 51.0 Å². The van der Waals surface area contributed by atoms with Gasteiger partial charge in [0.05, 0.1) is 6.10 Å². The normalized spacial score (nSPS) is 26.6. The Hall–Kier alpha value is -0.300. The lowest BCUT2D eigenvalue weighted by Gasteiger charge is -2.15. The van der Waals surface area contributed by atoms with Crippen LogP contribution >= 0.6 is 0 Å². The monoisotopic (exact) mass is 166 g/mol. The van der Waals surface area contributed by atoms with Gasteiger partial charge in [0, 0.05) is 0 Å². The van der Waals surface area contributed by atoms with Crippen molar-refractivity contribution in [1.29, 1.82) is 0 Å². The first-order chi connectivity index (χ1) is 5.86. The Kier molecular flexibility index (Phi) is 2.50. The highest BCUT2D eigenvalue weighted by Crippen LogP contribution is 2.36. The fourth-order valence-electron chi connectivity index (χ4n) is 2.01. The van der Waals surface area contributed by atoms with E-state index in [1.165, 1.54) is 44.1 Å². The van der Waals surface area contributed by atoms with Crippen LogP contribution in [0.5, 0.6) is 0 Å². The van der Waals surface area contributed by atoms with Gasteiger partial charge in [0.2, 0.25) is 0 Å². The summed E-state index contributed by atoms with van der Waals surface area (Å²) in [6.07, 6.45) is 11.0. The zero-order valence-electron chi connectivity index (χ0n) is 7.63. The minimum absolute atomic E-state index is 0.0191. The lowest BCUT2D eigenvalue weighted by atomic mass is 9.94. The largest absolute Gasteiger partial charge is 0.393 e. The third-order valence-electron chi connectivity index (χ3n) is 3.02. The molecule has 1 atom stereocenters. The van der Waals surface area contributed by atoms with Gasteiger partial charge < -0.3 is 5.11 Å². The molecule has 0 aromatic rings. The van der Waals surface area contributed by atoms with Crippen molar-refractivity contribution >= 4 is 0 Å². The van der Waals surface area contributed by atoms with Gasteiger partial charge in [0.1, 0.15) is 0 Å². The van der Waals surface area contributed by atoms with Gasteiger partial charge >= 0.3 is 0 Å². The number of hydrogen-bond donors (Lipinski definition) is 1. The van der Waals surface area contributed by atoms with Crippen molar-refractivity contribution in [2.24, 2.45) is 5.92 Å². The fraction of sp³-hybridized carbons (Fsp3) is 0.818. The summed E-state index contributed by atoms with van der Waals surface area (Å²) >= 11 is 0. The van der Waals surface area contributed by atoms with Gasteiger partial charge in [-0.3, -0.25) is 0 Å². The first kappa shape index (κ1) is 8.31. The van der Waals surface area contributed by atoms with Gasteiger partial charge in [0.25, 0.3) is 0 Å². The average Bonchev–Trinajstić information content (AvgIpc) is 2.88. The van der Waals surface area contributed by atoms with Crippen LogP contribution in [0, 0.1) is 5.92 Å². The Balaban J connectivity index is 1.80. The zero-order chi connectivity index (χ0) is 8.39. The molecule has 0 saturated heterocycles. The molecule has 0 aliphatic heterocycles. The third-order valence-corrected chi connectivity index (χ3v) is 3.02. The molecule has 0 amide bonds. The first-order valence-electron chi connectivity index (χ1n) is 5.22. The molecule has 2 rings (SSSR count). The summed E-state index contributed by atoms with van der Waals surface area (Å²) in [5, 5.41) is 9.70. The van der Waals surface area contributed by atoms with Gasteiger partial charge in [-0.25, -0.2) is 0 Å². The van der Waals surface area contributed by atoms with Crippen LogP contribution in [-0.2, 0) is 0 Å². The number of rotatable bonds is 3. The topological polar surface area (TPSA) is 20.2 Å². The van der Waals surface area contributed by atoms with E-state index in [1.807, 2.05) is 0 Å². The van der Waals surface area contributed by atoms with Crippen molar-refractivity contribution in [1.82, 2.24) is 0 Å². The molecule has 12 heavy (non-hydrogen) atoms. The summed E-state index contributed by atoms with van der Waals surface area (Å²) < 4.78 is 0. The van der Waals surface area contributed by atoms with Crippen LogP contribution in [0.1, 0.15) is 44.9 Å². The van der Waals surface area contributed by atoms with E-state index in [9.17, 15) is 5.11 Å². The number of aliphatic hydroxyl groups excluding tert-OH is 1. The number of hydrogen-bond acceptors (Lipinski definition) is 1. The summed E-state index contributed by atoms with van der Waals surface area (Å²) in [6.45, 7) is 0. The van der Waals surface area contributed by atoms with Crippen molar-refractivity contribution in [3.05, 3.63) is 11.6 Å². The summed E-state index contributed by atoms with van der Waals surface area (Å²) in [6, 6.07) is 0. The standard InChI is InChI=1S/C11H18O/c12-11(10-6-7-10)8-9-4-2-1-3-5-9/h4,10-12H,1-3,5-8H2. The highest BCUT2D eigenvalue weighted by atomic mass is 16.3. The van der Waals surface area contributed by atoms with Crippen LogP contribution in [0.3, 0.4) is 0 Å². The molecule has 0 bridgehead atoms. The third kappa shape index (κ3) is 2.10. The van der Waals surface area contributed by atoms with Crippen LogP contribution in [0.4, 0.5) is 0 Å². The highest BCUT2D eigenvalue weighted by molar-refractivity contribution is 5.07. The minimum atomic E-state index is -0.0191.